The van der Waals surface area contributed by atoms with Gasteiger partial charge in [-0.2, -0.15) is 0 Å². The van der Waals surface area contributed by atoms with Crippen LogP contribution in [0.4, 0.5) is 0 Å². The van der Waals surface area contributed by atoms with Crippen LogP contribution in [-0.4, -0.2) is 36.1 Å². The van der Waals surface area contributed by atoms with Crippen molar-refractivity contribution in [1.82, 2.24) is 10.2 Å². The van der Waals surface area contributed by atoms with E-state index < -0.39 is 0 Å². The van der Waals surface area contributed by atoms with Gasteiger partial charge in [-0.1, -0.05) is 12.5 Å². The number of thiophene rings is 1. The zero-order chi connectivity index (χ0) is 12.4. The molecule has 0 amide bonds. The molecule has 2 nitrogen and oxygen atoms in total. The van der Waals surface area contributed by atoms with E-state index in [4.69, 9.17) is 0 Å². The van der Waals surface area contributed by atoms with E-state index in [1.165, 1.54) is 50.1 Å². The highest BCUT2D eigenvalue weighted by molar-refractivity contribution is 7.09. The number of hydrogen-bond donors (Lipinski definition) is 1. The number of fused-ring (bicyclic) bond motifs is 1. The Balaban J connectivity index is 1.53. The first-order valence-corrected chi connectivity index (χ1v) is 8.23. The van der Waals surface area contributed by atoms with E-state index in [9.17, 15) is 0 Å². The van der Waals surface area contributed by atoms with E-state index >= 15 is 0 Å². The summed E-state index contributed by atoms with van der Waals surface area (Å²) < 4.78 is 0. The molecule has 2 aliphatic heterocycles. The summed E-state index contributed by atoms with van der Waals surface area (Å²) in [5, 5.41) is 6.06. The van der Waals surface area contributed by atoms with Gasteiger partial charge in [0.2, 0.25) is 0 Å². The Bertz CT molecular complexity index is 363. The zero-order valence-electron chi connectivity index (χ0n) is 11.3. The average Bonchev–Trinajstić information content (AvgIpc) is 3.00. The summed E-state index contributed by atoms with van der Waals surface area (Å²) in [7, 11) is 0. The van der Waals surface area contributed by atoms with E-state index in [2.05, 4.69) is 34.7 Å². The lowest BCUT2D eigenvalue weighted by Gasteiger charge is -2.33. The van der Waals surface area contributed by atoms with Crippen LogP contribution in [0, 0.1) is 0 Å². The van der Waals surface area contributed by atoms with Crippen LogP contribution < -0.4 is 5.32 Å². The standard InChI is InChI=1S/C15H24N2S/c1-12(11-13-5-4-10-18-13)16-14-7-9-17-8-3-2-6-15(14)17/h4-5,10,12,14-16H,2-3,6-9,11H2,1H3. The molecule has 3 atom stereocenters. The van der Waals surface area contributed by atoms with Crippen LogP contribution in [0.2, 0.25) is 0 Å². The van der Waals surface area contributed by atoms with E-state index in [-0.39, 0.29) is 0 Å². The third-order valence-electron chi connectivity index (χ3n) is 4.44. The summed E-state index contributed by atoms with van der Waals surface area (Å²) in [6.07, 6.45) is 6.77. The minimum Gasteiger partial charge on any atom is -0.310 e. The van der Waals surface area contributed by atoms with Crippen LogP contribution in [0.25, 0.3) is 0 Å². The maximum absolute atomic E-state index is 3.88. The smallest absolute Gasteiger partial charge is 0.0249 e. The molecule has 2 fully saturated rings. The molecule has 1 aromatic rings. The van der Waals surface area contributed by atoms with Crippen LogP contribution in [0.5, 0.6) is 0 Å². The first-order chi connectivity index (χ1) is 8.83. The second-order valence-corrected chi connectivity index (χ2v) is 6.88. The summed E-state index contributed by atoms with van der Waals surface area (Å²) in [6, 6.07) is 6.58. The molecule has 1 aromatic heterocycles. The largest absolute Gasteiger partial charge is 0.310 e. The van der Waals surface area contributed by atoms with Gasteiger partial charge in [0.1, 0.15) is 0 Å². The lowest BCUT2D eigenvalue weighted by Crippen LogP contribution is -2.47. The molecular weight excluding hydrogens is 240 g/mol. The van der Waals surface area contributed by atoms with Gasteiger partial charge in [0.05, 0.1) is 0 Å². The first kappa shape index (κ1) is 12.6. The molecule has 18 heavy (non-hydrogen) atoms. The average molecular weight is 264 g/mol. The molecular formula is C15H24N2S. The molecule has 0 bridgehead atoms. The quantitative estimate of drug-likeness (QED) is 0.899. The molecule has 3 heteroatoms. The van der Waals surface area contributed by atoms with Gasteiger partial charge in [-0.25, -0.2) is 0 Å². The van der Waals surface area contributed by atoms with Crippen molar-refractivity contribution in [2.75, 3.05) is 13.1 Å². The van der Waals surface area contributed by atoms with Crippen molar-refractivity contribution in [2.24, 2.45) is 0 Å². The summed E-state index contributed by atoms with van der Waals surface area (Å²) >= 11 is 1.88. The maximum Gasteiger partial charge on any atom is 0.0249 e. The van der Waals surface area contributed by atoms with E-state index in [0.717, 1.165) is 12.1 Å². The van der Waals surface area contributed by atoms with Crippen LogP contribution in [0.15, 0.2) is 17.5 Å². The molecule has 3 unspecified atom stereocenters. The van der Waals surface area contributed by atoms with Crippen molar-refractivity contribution in [3.8, 4) is 0 Å². The second-order valence-electron chi connectivity index (χ2n) is 5.85. The fraction of sp³-hybridized carbons (Fsp3) is 0.733. The molecule has 3 heterocycles. The lowest BCUT2D eigenvalue weighted by atomic mass is 9.98. The van der Waals surface area contributed by atoms with Gasteiger partial charge in [0.25, 0.3) is 0 Å². The summed E-state index contributed by atoms with van der Waals surface area (Å²) in [6.45, 7) is 4.99. The molecule has 0 aliphatic carbocycles. The van der Waals surface area contributed by atoms with Gasteiger partial charge >= 0.3 is 0 Å². The Labute approximate surface area is 114 Å². The van der Waals surface area contributed by atoms with Crippen LogP contribution in [0.1, 0.15) is 37.5 Å². The Morgan fingerprint density at radius 3 is 3.17 bits per heavy atom. The molecule has 1 N–H and O–H groups in total. The zero-order valence-corrected chi connectivity index (χ0v) is 12.1. The van der Waals surface area contributed by atoms with Gasteiger partial charge in [0.15, 0.2) is 0 Å². The number of nitrogens with zero attached hydrogens (tertiary/aromatic N) is 1. The molecule has 3 rings (SSSR count). The predicted octanol–water partition coefficient (Wildman–Crippen LogP) is 2.90. The van der Waals surface area contributed by atoms with E-state index in [1.54, 1.807) is 0 Å². The van der Waals surface area contributed by atoms with Gasteiger partial charge < -0.3 is 5.32 Å². The van der Waals surface area contributed by atoms with Crippen LogP contribution >= 0.6 is 11.3 Å². The predicted molar refractivity (Wildman–Crippen MR) is 78.2 cm³/mol. The summed E-state index contributed by atoms with van der Waals surface area (Å²) in [4.78, 5) is 4.22. The molecule has 0 saturated carbocycles. The van der Waals surface area contributed by atoms with Gasteiger partial charge in [-0.05, 0) is 50.6 Å². The number of hydrogen-bond acceptors (Lipinski definition) is 3. The minimum absolute atomic E-state index is 0.607. The van der Waals surface area contributed by atoms with Gasteiger partial charge in [-0.3, -0.25) is 4.90 Å². The lowest BCUT2D eigenvalue weighted by molar-refractivity contribution is 0.177. The number of piperidine rings is 1. The summed E-state index contributed by atoms with van der Waals surface area (Å²) in [5.41, 5.74) is 0. The van der Waals surface area contributed by atoms with Crippen LogP contribution in [-0.2, 0) is 6.42 Å². The Morgan fingerprint density at radius 2 is 2.33 bits per heavy atom. The summed E-state index contributed by atoms with van der Waals surface area (Å²) in [5.74, 6) is 0. The normalized spacial score (nSPS) is 30.3. The molecule has 100 valence electrons. The minimum atomic E-state index is 0.607. The molecule has 2 saturated heterocycles. The van der Waals surface area contributed by atoms with E-state index in [1.807, 2.05) is 11.3 Å². The topological polar surface area (TPSA) is 15.3 Å². The van der Waals surface area contributed by atoms with Gasteiger partial charge in [0, 0.05) is 29.5 Å². The van der Waals surface area contributed by atoms with Crippen molar-refractivity contribution >= 4 is 11.3 Å². The number of nitrogens with one attached hydrogen (secondary N) is 1. The van der Waals surface area contributed by atoms with Crippen molar-refractivity contribution in [3.05, 3.63) is 22.4 Å². The fourth-order valence-electron chi connectivity index (χ4n) is 3.60. The molecule has 2 aliphatic rings. The fourth-order valence-corrected chi connectivity index (χ4v) is 4.43. The highest BCUT2D eigenvalue weighted by atomic mass is 32.1. The molecule has 0 spiro atoms. The maximum atomic E-state index is 3.88. The Kier molecular flexibility index (Phi) is 4.02. The third kappa shape index (κ3) is 2.79. The Hall–Kier alpha value is -0.380. The van der Waals surface area contributed by atoms with Crippen molar-refractivity contribution < 1.29 is 0 Å². The van der Waals surface area contributed by atoms with Crippen molar-refractivity contribution in [2.45, 2.75) is 57.2 Å². The van der Waals surface area contributed by atoms with Crippen molar-refractivity contribution in [1.29, 1.82) is 0 Å². The number of rotatable bonds is 4. The molecule has 0 aromatic carbocycles. The first-order valence-electron chi connectivity index (χ1n) is 7.35. The van der Waals surface area contributed by atoms with Crippen LogP contribution in [0.3, 0.4) is 0 Å². The highest BCUT2D eigenvalue weighted by Gasteiger charge is 2.35. The third-order valence-corrected chi connectivity index (χ3v) is 5.34. The Morgan fingerprint density at radius 1 is 1.39 bits per heavy atom. The second kappa shape index (κ2) is 5.72. The van der Waals surface area contributed by atoms with Crippen molar-refractivity contribution in [3.63, 3.8) is 0 Å². The van der Waals surface area contributed by atoms with E-state index in [0.29, 0.717) is 6.04 Å². The van der Waals surface area contributed by atoms with Gasteiger partial charge in [-0.15, -0.1) is 11.3 Å². The SMILES string of the molecule is CC(Cc1cccs1)NC1CCN2CCCCC12. The monoisotopic (exact) mass is 264 g/mol. The highest BCUT2D eigenvalue weighted by Crippen LogP contribution is 2.27. The molecule has 0 radical (unpaired) electrons.